The third-order valence-electron chi connectivity index (χ3n) is 3.54. The van der Waals surface area contributed by atoms with E-state index in [4.69, 9.17) is 11.6 Å². The van der Waals surface area contributed by atoms with Gasteiger partial charge in [0.1, 0.15) is 6.04 Å². The molecule has 1 unspecified atom stereocenters. The fraction of sp³-hybridized carbons (Fsp3) is 0.308. The average Bonchev–Trinajstić information content (AvgIpc) is 2.66. The second kappa shape index (κ2) is 4.86. The monoisotopic (exact) mass is 356 g/mol. The van der Waals surface area contributed by atoms with E-state index < -0.39 is 11.9 Å². The Balaban J connectivity index is 1.92. The number of benzene rings is 1. The topological polar surface area (TPSA) is 66.5 Å². The van der Waals surface area contributed by atoms with Gasteiger partial charge in [-0.25, -0.2) is 0 Å². The zero-order chi connectivity index (χ0) is 14.4. The Morgan fingerprint density at radius 2 is 2.05 bits per heavy atom. The summed E-state index contributed by atoms with van der Waals surface area (Å²) in [5.41, 5.74) is 1.33. The van der Waals surface area contributed by atoms with Gasteiger partial charge in [0.25, 0.3) is 5.91 Å². The maximum atomic E-state index is 12.4. The minimum Gasteiger partial charge on any atom is -0.322 e. The van der Waals surface area contributed by atoms with Crippen LogP contribution in [0.4, 0.5) is 0 Å². The predicted molar refractivity (Wildman–Crippen MR) is 75.2 cm³/mol. The zero-order valence-electron chi connectivity index (χ0n) is 10.3. The molecule has 104 valence electrons. The second-order valence-electron chi connectivity index (χ2n) is 4.82. The summed E-state index contributed by atoms with van der Waals surface area (Å²) >= 11 is 9.30. The Bertz CT molecular complexity index is 647. The summed E-state index contributed by atoms with van der Waals surface area (Å²) in [7, 11) is 0. The largest absolute Gasteiger partial charge is 0.322 e. The molecule has 0 spiro atoms. The number of hydrogen-bond donors (Lipinski definition) is 1. The quantitative estimate of drug-likeness (QED) is 0.780. The van der Waals surface area contributed by atoms with Gasteiger partial charge in [0, 0.05) is 22.5 Å². The third-order valence-corrected chi connectivity index (χ3v) is 4.38. The van der Waals surface area contributed by atoms with E-state index in [1.807, 2.05) is 0 Å². The lowest BCUT2D eigenvalue weighted by molar-refractivity contribution is -0.136. The summed E-state index contributed by atoms with van der Waals surface area (Å²) in [6, 6.07) is 2.79. The summed E-state index contributed by atoms with van der Waals surface area (Å²) in [5.74, 6) is -0.915. The molecule has 0 aromatic heterocycles. The highest BCUT2D eigenvalue weighted by atomic mass is 79.9. The number of halogens is 2. The van der Waals surface area contributed by atoms with Crippen molar-refractivity contribution in [3.63, 3.8) is 0 Å². The molecule has 1 fully saturated rings. The number of piperidine rings is 1. The number of carbonyl (C=O) groups excluding carboxylic acids is 3. The molecule has 20 heavy (non-hydrogen) atoms. The molecule has 1 aromatic rings. The van der Waals surface area contributed by atoms with Crippen LogP contribution in [-0.4, -0.2) is 28.7 Å². The first-order valence-electron chi connectivity index (χ1n) is 6.10. The molecule has 3 rings (SSSR count). The summed E-state index contributed by atoms with van der Waals surface area (Å²) in [4.78, 5) is 37.0. The fourth-order valence-electron chi connectivity index (χ4n) is 2.62. The van der Waals surface area contributed by atoms with Crippen molar-refractivity contribution in [1.82, 2.24) is 10.2 Å². The van der Waals surface area contributed by atoms with E-state index in [0.29, 0.717) is 28.0 Å². The van der Waals surface area contributed by atoms with E-state index in [9.17, 15) is 14.4 Å². The van der Waals surface area contributed by atoms with Crippen LogP contribution in [0, 0.1) is 0 Å². The van der Waals surface area contributed by atoms with Gasteiger partial charge >= 0.3 is 0 Å². The standard InChI is InChI=1S/C13H10BrClN2O3/c14-8-4-7(15)3-6-5-17(13(20)11(6)8)9-1-2-10(18)16-12(9)19/h3-4,9H,1-2,5H2,(H,16,18,19). The number of rotatable bonds is 1. The van der Waals surface area contributed by atoms with Crippen molar-refractivity contribution in [3.8, 4) is 0 Å². The van der Waals surface area contributed by atoms with E-state index in [-0.39, 0.29) is 18.2 Å². The maximum absolute atomic E-state index is 12.4. The molecule has 2 aliphatic rings. The van der Waals surface area contributed by atoms with Crippen LogP contribution < -0.4 is 5.32 Å². The first kappa shape index (κ1) is 13.6. The van der Waals surface area contributed by atoms with Crippen molar-refractivity contribution >= 4 is 45.3 Å². The van der Waals surface area contributed by atoms with Crippen LogP contribution in [-0.2, 0) is 16.1 Å². The van der Waals surface area contributed by atoms with Crippen molar-refractivity contribution in [2.75, 3.05) is 0 Å². The van der Waals surface area contributed by atoms with Crippen LogP contribution in [0.25, 0.3) is 0 Å². The zero-order valence-corrected chi connectivity index (χ0v) is 12.6. The first-order chi connectivity index (χ1) is 9.47. The maximum Gasteiger partial charge on any atom is 0.256 e. The summed E-state index contributed by atoms with van der Waals surface area (Å²) < 4.78 is 0.625. The Hall–Kier alpha value is -1.40. The van der Waals surface area contributed by atoms with Gasteiger partial charge in [-0.2, -0.15) is 0 Å². The van der Waals surface area contributed by atoms with E-state index >= 15 is 0 Å². The molecule has 1 saturated heterocycles. The molecular weight excluding hydrogens is 348 g/mol. The van der Waals surface area contributed by atoms with Crippen LogP contribution in [0.5, 0.6) is 0 Å². The highest BCUT2D eigenvalue weighted by Gasteiger charge is 2.39. The molecule has 5 nitrogen and oxygen atoms in total. The highest BCUT2D eigenvalue weighted by Crippen LogP contribution is 2.34. The number of nitrogens with one attached hydrogen (secondary N) is 1. The lowest BCUT2D eigenvalue weighted by atomic mass is 10.0. The van der Waals surface area contributed by atoms with E-state index in [2.05, 4.69) is 21.2 Å². The lowest BCUT2D eigenvalue weighted by Crippen LogP contribution is -2.52. The number of carbonyl (C=O) groups is 3. The van der Waals surface area contributed by atoms with Crippen LogP contribution in [0.15, 0.2) is 16.6 Å². The number of hydrogen-bond acceptors (Lipinski definition) is 3. The summed E-state index contributed by atoms with van der Waals surface area (Å²) in [6.07, 6.45) is 0.605. The second-order valence-corrected chi connectivity index (χ2v) is 6.11. The fourth-order valence-corrected chi connectivity index (χ4v) is 3.66. The smallest absolute Gasteiger partial charge is 0.256 e. The van der Waals surface area contributed by atoms with Gasteiger partial charge in [-0.15, -0.1) is 0 Å². The van der Waals surface area contributed by atoms with Crippen LogP contribution in [0.3, 0.4) is 0 Å². The lowest BCUT2D eigenvalue weighted by Gasteiger charge is -2.29. The van der Waals surface area contributed by atoms with Crippen LogP contribution >= 0.6 is 27.5 Å². The number of amides is 3. The van der Waals surface area contributed by atoms with Gasteiger partial charge in [0.15, 0.2) is 0 Å². The Morgan fingerprint density at radius 3 is 2.75 bits per heavy atom. The van der Waals surface area contributed by atoms with Gasteiger partial charge < -0.3 is 4.90 Å². The Morgan fingerprint density at radius 1 is 1.30 bits per heavy atom. The Labute approximate surface area is 128 Å². The van der Waals surface area contributed by atoms with Gasteiger partial charge in [0.2, 0.25) is 11.8 Å². The molecule has 0 radical (unpaired) electrons. The molecule has 1 atom stereocenters. The minimum absolute atomic E-state index is 0.210. The average molecular weight is 358 g/mol. The van der Waals surface area contributed by atoms with E-state index in [1.54, 1.807) is 12.1 Å². The molecule has 0 aliphatic carbocycles. The molecular formula is C13H10BrClN2O3. The van der Waals surface area contributed by atoms with Crippen molar-refractivity contribution in [2.24, 2.45) is 0 Å². The molecule has 2 heterocycles. The minimum atomic E-state index is -0.599. The van der Waals surface area contributed by atoms with Crippen molar-refractivity contribution in [2.45, 2.75) is 25.4 Å². The predicted octanol–water partition coefficient (Wildman–Crippen LogP) is 1.86. The number of fused-ring (bicyclic) bond motifs is 1. The van der Waals surface area contributed by atoms with Crippen LogP contribution in [0.2, 0.25) is 5.02 Å². The van der Waals surface area contributed by atoms with Gasteiger partial charge in [0.05, 0.1) is 5.56 Å². The molecule has 3 amide bonds. The molecule has 0 bridgehead atoms. The molecule has 7 heteroatoms. The number of nitrogens with zero attached hydrogens (tertiary/aromatic N) is 1. The number of imide groups is 1. The molecule has 0 saturated carbocycles. The van der Waals surface area contributed by atoms with Gasteiger partial charge in [-0.3, -0.25) is 19.7 Å². The molecule has 2 aliphatic heterocycles. The van der Waals surface area contributed by atoms with Gasteiger partial charge in [-0.1, -0.05) is 11.6 Å². The van der Waals surface area contributed by atoms with Gasteiger partial charge in [-0.05, 0) is 40.0 Å². The molecule has 1 aromatic carbocycles. The summed E-state index contributed by atoms with van der Waals surface area (Å²) in [5, 5.41) is 2.81. The van der Waals surface area contributed by atoms with Crippen molar-refractivity contribution < 1.29 is 14.4 Å². The SMILES string of the molecule is O=C1CCC(N2Cc3cc(Cl)cc(Br)c3C2=O)C(=O)N1. The summed E-state index contributed by atoms with van der Waals surface area (Å²) in [6.45, 7) is 0.333. The van der Waals surface area contributed by atoms with Crippen molar-refractivity contribution in [3.05, 3.63) is 32.8 Å². The third kappa shape index (κ3) is 2.13. The highest BCUT2D eigenvalue weighted by molar-refractivity contribution is 9.10. The van der Waals surface area contributed by atoms with Crippen LogP contribution in [0.1, 0.15) is 28.8 Å². The Kier molecular flexibility index (Phi) is 3.30. The first-order valence-corrected chi connectivity index (χ1v) is 7.27. The van der Waals surface area contributed by atoms with E-state index in [0.717, 1.165) is 5.56 Å². The van der Waals surface area contributed by atoms with Crippen molar-refractivity contribution in [1.29, 1.82) is 0 Å². The normalized spacial score (nSPS) is 22.0. The molecule has 1 N–H and O–H groups in total. The van der Waals surface area contributed by atoms with E-state index in [1.165, 1.54) is 4.90 Å².